The van der Waals surface area contributed by atoms with Crippen LogP contribution in [0.5, 0.6) is 0 Å². The monoisotopic (exact) mass is 296 g/mol. The van der Waals surface area contributed by atoms with Gasteiger partial charge in [0.25, 0.3) is 0 Å². The molecule has 1 aromatic rings. The smallest absolute Gasteiger partial charge is 0.231 e. The zero-order valence-corrected chi connectivity index (χ0v) is 13.8. The first kappa shape index (κ1) is 17.4. The maximum Gasteiger partial charge on any atom is 0.231 e. The van der Waals surface area contributed by atoms with Crippen molar-refractivity contribution in [1.29, 1.82) is 0 Å². The second kappa shape index (κ2) is 7.97. The number of aliphatic hydroxyl groups is 1. The molecule has 1 unspecified atom stereocenters. The van der Waals surface area contributed by atoms with Crippen molar-refractivity contribution in [3.8, 4) is 0 Å². The summed E-state index contributed by atoms with van der Waals surface area (Å²) in [5, 5.41) is 15.5. The lowest BCUT2D eigenvalue weighted by molar-refractivity contribution is 0.251. The van der Waals surface area contributed by atoms with Crippen molar-refractivity contribution in [2.75, 3.05) is 42.3 Å². The summed E-state index contributed by atoms with van der Waals surface area (Å²) in [5.74, 6) is 1.73. The maximum atomic E-state index is 9.22. The first-order valence-corrected chi connectivity index (χ1v) is 7.59. The van der Waals surface area contributed by atoms with Gasteiger partial charge in [-0.25, -0.2) is 0 Å². The summed E-state index contributed by atoms with van der Waals surface area (Å²) in [5.41, 5.74) is -0.234. The highest BCUT2D eigenvalue weighted by Crippen LogP contribution is 2.21. The average molecular weight is 296 g/mol. The fourth-order valence-electron chi connectivity index (χ4n) is 2.02. The summed E-state index contributed by atoms with van der Waals surface area (Å²) in [7, 11) is 1.79. The molecule has 0 aliphatic heterocycles. The van der Waals surface area contributed by atoms with E-state index >= 15 is 0 Å². The zero-order valence-electron chi connectivity index (χ0n) is 13.8. The highest BCUT2D eigenvalue weighted by molar-refractivity contribution is 5.44. The Bertz CT molecular complexity index is 437. The van der Waals surface area contributed by atoms with E-state index in [2.05, 4.69) is 58.2 Å². The number of rotatable bonds is 9. The minimum Gasteiger partial charge on any atom is -0.396 e. The van der Waals surface area contributed by atoms with Gasteiger partial charge in [0.2, 0.25) is 17.8 Å². The molecule has 7 nitrogen and oxygen atoms in total. The average Bonchev–Trinajstić information content (AvgIpc) is 2.48. The normalized spacial score (nSPS) is 13.6. The van der Waals surface area contributed by atoms with Gasteiger partial charge in [-0.15, -0.1) is 0 Å². The van der Waals surface area contributed by atoms with Crippen LogP contribution in [0.3, 0.4) is 0 Å². The van der Waals surface area contributed by atoms with Crippen LogP contribution in [-0.4, -0.2) is 52.3 Å². The topological polar surface area (TPSA) is 86.2 Å². The summed E-state index contributed by atoms with van der Waals surface area (Å²) in [4.78, 5) is 15.3. The second-order valence-corrected chi connectivity index (χ2v) is 5.22. The van der Waals surface area contributed by atoms with E-state index in [4.69, 9.17) is 0 Å². The third-order valence-electron chi connectivity index (χ3n) is 3.75. The Kier molecular flexibility index (Phi) is 6.61. The molecule has 1 aromatic heterocycles. The summed E-state index contributed by atoms with van der Waals surface area (Å²) in [6, 6.07) is 0. The second-order valence-electron chi connectivity index (χ2n) is 5.22. The SMILES string of the molecule is CCN(CC)c1nc(NC)nc(NC(C)(CC)CCO)n1. The quantitative estimate of drug-likeness (QED) is 0.639. The predicted molar refractivity (Wildman–Crippen MR) is 87.0 cm³/mol. The molecule has 0 aliphatic carbocycles. The fraction of sp³-hybridized carbons (Fsp3) is 0.786. The van der Waals surface area contributed by atoms with Gasteiger partial charge < -0.3 is 20.6 Å². The van der Waals surface area contributed by atoms with E-state index in [1.807, 2.05) is 0 Å². The lowest BCUT2D eigenvalue weighted by Crippen LogP contribution is -2.36. The third kappa shape index (κ3) is 4.70. The van der Waals surface area contributed by atoms with Crippen LogP contribution in [0.1, 0.15) is 40.5 Å². The zero-order chi connectivity index (χ0) is 15.9. The number of hydrogen-bond donors (Lipinski definition) is 3. The molecule has 0 spiro atoms. The van der Waals surface area contributed by atoms with Crippen LogP contribution >= 0.6 is 0 Å². The van der Waals surface area contributed by atoms with Crippen molar-refractivity contribution in [3.63, 3.8) is 0 Å². The third-order valence-corrected chi connectivity index (χ3v) is 3.75. The highest BCUT2D eigenvalue weighted by Gasteiger charge is 2.23. The van der Waals surface area contributed by atoms with E-state index in [0.29, 0.717) is 24.3 Å². The van der Waals surface area contributed by atoms with Gasteiger partial charge in [-0.05, 0) is 33.6 Å². The molecule has 120 valence electrons. The fourth-order valence-corrected chi connectivity index (χ4v) is 2.02. The van der Waals surface area contributed by atoms with Gasteiger partial charge in [-0.2, -0.15) is 15.0 Å². The Morgan fingerprint density at radius 2 is 1.71 bits per heavy atom. The number of anilines is 3. The van der Waals surface area contributed by atoms with Crippen LogP contribution in [0.2, 0.25) is 0 Å². The molecule has 0 aromatic carbocycles. The molecule has 21 heavy (non-hydrogen) atoms. The highest BCUT2D eigenvalue weighted by atomic mass is 16.3. The molecule has 0 aliphatic rings. The summed E-state index contributed by atoms with van der Waals surface area (Å²) in [6.45, 7) is 10.1. The largest absolute Gasteiger partial charge is 0.396 e. The van der Waals surface area contributed by atoms with E-state index < -0.39 is 0 Å². The molecule has 1 heterocycles. The molecule has 0 fully saturated rings. The van der Waals surface area contributed by atoms with Crippen LogP contribution in [0.4, 0.5) is 17.8 Å². The van der Waals surface area contributed by atoms with Gasteiger partial charge in [0.05, 0.1) is 0 Å². The standard InChI is InChI=1S/C14H28N6O/c1-6-14(4,9-10-21)19-12-16-11(15-5)17-13(18-12)20(7-2)8-3/h21H,6-10H2,1-5H3,(H2,15,16,17,18,19). The van der Waals surface area contributed by atoms with Gasteiger partial charge in [0.1, 0.15) is 0 Å². The van der Waals surface area contributed by atoms with Crippen LogP contribution in [0.15, 0.2) is 0 Å². The van der Waals surface area contributed by atoms with Gasteiger partial charge in [-0.3, -0.25) is 0 Å². The van der Waals surface area contributed by atoms with Crippen LogP contribution < -0.4 is 15.5 Å². The Hall–Kier alpha value is -1.63. The van der Waals surface area contributed by atoms with Crippen molar-refractivity contribution in [2.24, 2.45) is 0 Å². The van der Waals surface area contributed by atoms with E-state index in [1.54, 1.807) is 7.05 Å². The minimum absolute atomic E-state index is 0.129. The first-order valence-electron chi connectivity index (χ1n) is 7.59. The minimum atomic E-state index is -0.234. The van der Waals surface area contributed by atoms with Gasteiger partial charge in [0.15, 0.2) is 0 Å². The molecule has 0 saturated carbocycles. The Balaban J connectivity index is 3.08. The number of hydrogen-bond acceptors (Lipinski definition) is 7. The summed E-state index contributed by atoms with van der Waals surface area (Å²) < 4.78 is 0. The van der Waals surface area contributed by atoms with Gasteiger partial charge >= 0.3 is 0 Å². The molecule has 7 heteroatoms. The molecular formula is C14H28N6O. The lowest BCUT2D eigenvalue weighted by atomic mass is 9.95. The molecule has 0 radical (unpaired) electrons. The Morgan fingerprint density at radius 3 is 2.19 bits per heavy atom. The molecule has 3 N–H and O–H groups in total. The maximum absolute atomic E-state index is 9.22. The lowest BCUT2D eigenvalue weighted by Gasteiger charge is -2.29. The van der Waals surface area contributed by atoms with Crippen molar-refractivity contribution in [3.05, 3.63) is 0 Å². The molecule has 0 amide bonds. The van der Waals surface area contributed by atoms with Crippen LogP contribution in [0, 0.1) is 0 Å². The van der Waals surface area contributed by atoms with Crippen molar-refractivity contribution in [2.45, 2.75) is 46.1 Å². The molecule has 0 bridgehead atoms. The Morgan fingerprint density at radius 1 is 1.10 bits per heavy atom. The summed E-state index contributed by atoms with van der Waals surface area (Å²) >= 11 is 0. The number of aromatic nitrogens is 3. The van der Waals surface area contributed by atoms with E-state index in [0.717, 1.165) is 19.5 Å². The molecule has 0 saturated heterocycles. The van der Waals surface area contributed by atoms with E-state index in [9.17, 15) is 5.11 Å². The summed E-state index contributed by atoms with van der Waals surface area (Å²) in [6.07, 6.45) is 1.51. The van der Waals surface area contributed by atoms with Crippen molar-refractivity contribution >= 4 is 17.8 Å². The molecule has 1 rings (SSSR count). The van der Waals surface area contributed by atoms with Gasteiger partial charge in [-0.1, -0.05) is 6.92 Å². The molecule has 1 atom stereocenters. The van der Waals surface area contributed by atoms with Crippen molar-refractivity contribution < 1.29 is 5.11 Å². The number of aliphatic hydroxyl groups excluding tert-OH is 1. The first-order chi connectivity index (χ1) is 10.0. The van der Waals surface area contributed by atoms with Crippen LogP contribution in [-0.2, 0) is 0 Å². The predicted octanol–water partition coefficient (Wildman–Crippen LogP) is 1.72. The number of nitrogens with zero attached hydrogens (tertiary/aromatic N) is 4. The Labute approximate surface area is 127 Å². The van der Waals surface area contributed by atoms with E-state index in [-0.39, 0.29) is 12.1 Å². The van der Waals surface area contributed by atoms with E-state index in [1.165, 1.54) is 0 Å². The molecular weight excluding hydrogens is 268 g/mol. The van der Waals surface area contributed by atoms with Gasteiger partial charge in [0, 0.05) is 32.3 Å². The van der Waals surface area contributed by atoms with Crippen molar-refractivity contribution in [1.82, 2.24) is 15.0 Å². The van der Waals surface area contributed by atoms with Crippen LogP contribution in [0.25, 0.3) is 0 Å². The number of nitrogens with one attached hydrogen (secondary N) is 2.